The summed E-state index contributed by atoms with van der Waals surface area (Å²) in [4.78, 5) is 10.6. The maximum Gasteiger partial charge on any atom is 0.286 e. The number of carbonyl (C=O) groups is 1. The normalized spacial score (nSPS) is 10.1. The Kier molecular flexibility index (Phi) is 2.09. The summed E-state index contributed by atoms with van der Waals surface area (Å²) in [6, 6.07) is 8.30. The van der Waals surface area contributed by atoms with Crippen molar-refractivity contribution < 1.29 is 24.2 Å². The number of para-hydroxylation sites is 1. The quantitative estimate of drug-likeness (QED) is 0.550. The van der Waals surface area contributed by atoms with Gasteiger partial charge in [0, 0.05) is 12.1 Å². The minimum absolute atomic E-state index is 0.419. The van der Waals surface area contributed by atoms with Crippen molar-refractivity contribution in [3.05, 3.63) is 36.0 Å². The van der Waals surface area contributed by atoms with E-state index in [1.54, 1.807) is 30.3 Å². The van der Waals surface area contributed by atoms with Gasteiger partial charge < -0.3 is 19.5 Å². The molecule has 1 aromatic carbocycles. The van der Waals surface area contributed by atoms with Crippen molar-refractivity contribution in [3.63, 3.8) is 0 Å². The molecule has 15 heavy (non-hydrogen) atoms. The van der Waals surface area contributed by atoms with Gasteiger partial charge in [0.2, 0.25) is 5.69 Å². The molecule has 0 N–H and O–H groups in total. The van der Waals surface area contributed by atoms with E-state index in [0.717, 1.165) is 4.68 Å². The summed E-state index contributed by atoms with van der Waals surface area (Å²) in [5.74, 6) is -2.65. The molecule has 0 saturated heterocycles. The summed E-state index contributed by atoms with van der Waals surface area (Å²) < 4.78 is 5.13. The minimum atomic E-state index is -1.62. The summed E-state index contributed by atoms with van der Waals surface area (Å²) in [5, 5.41) is 24.9. The lowest BCUT2D eigenvalue weighted by Gasteiger charge is -1.97. The molecule has 0 aliphatic heterocycles. The highest BCUT2D eigenvalue weighted by Gasteiger charge is 2.20. The Bertz CT molecular complexity index is 492. The van der Waals surface area contributed by atoms with Crippen LogP contribution < -0.4 is 14.9 Å². The van der Waals surface area contributed by atoms with Crippen molar-refractivity contribution in [2.45, 2.75) is 0 Å². The third-order valence-corrected chi connectivity index (χ3v) is 1.80. The van der Waals surface area contributed by atoms with Crippen LogP contribution in [0.2, 0.25) is 0 Å². The number of benzene rings is 1. The number of hydrogen-bond acceptors (Lipinski definition) is 5. The summed E-state index contributed by atoms with van der Waals surface area (Å²) in [6.45, 7) is 0. The van der Waals surface area contributed by atoms with Crippen LogP contribution in [0.1, 0.15) is 10.5 Å². The molecule has 1 aromatic heterocycles. The van der Waals surface area contributed by atoms with E-state index in [0.29, 0.717) is 5.69 Å². The van der Waals surface area contributed by atoms with Gasteiger partial charge in [-0.25, -0.2) is 0 Å². The zero-order valence-electron chi connectivity index (χ0n) is 7.41. The van der Waals surface area contributed by atoms with E-state index in [9.17, 15) is 15.0 Å². The highest BCUT2D eigenvalue weighted by Crippen LogP contribution is 2.08. The number of carbonyl (C=O) groups excluding carboxylic acids is 1. The lowest BCUT2D eigenvalue weighted by atomic mass is 10.3. The van der Waals surface area contributed by atoms with Crippen LogP contribution in [0.15, 0.2) is 34.9 Å². The van der Waals surface area contributed by atoms with E-state index < -0.39 is 17.6 Å². The minimum Gasteiger partial charge on any atom is -0.539 e. The molecule has 0 spiro atoms. The second-order valence-corrected chi connectivity index (χ2v) is 2.74. The van der Waals surface area contributed by atoms with E-state index >= 15 is 0 Å². The van der Waals surface area contributed by atoms with E-state index in [1.165, 1.54) is 0 Å². The first kappa shape index (κ1) is 9.20. The van der Waals surface area contributed by atoms with Crippen LogP contribution in [0, 0.1) is 0 Å². The van der Waals surface area contributed by atoms with Gasteiger partial charge in [-0.3, -0.25) is 0 Å². The molecule has 0 atom stereocenters. The molecule has 1 heterocycles. The molecule has 6 nitrogen and oxygen atoms in total. The molecule has 0 saturated carbocycles. The van der Waals surface area contributed by atoms with Crippen molar-refractivity contribution in [2.75, 3.05) is 0 Å². The third kappa shape index (κ3) is 1.52. The van der Waals surface area contributed by atoms with E-state index in [4.69, 9.17) is 0 Å². The van der Waals surface area contributed by atoms with Crippen LogP contribution in [0.4, 0.5) is 0 Å². The van der Waals surface area contributed by atoms with Crippen LogP contribution in [0.25, 0.3) is 5.69 Å². The molecule has 0 unspecified atom stereocenters. The number of hydrogen-bond donors (Lipinski definition) is 0. The fraction of sp³-hybridized carbons (Fsp3) is 0. The summed E-state index contributed by atoms with van der Waals surface area (Å²) >= 11 is 0. The largest absolute Gasteiger partial charge is 0.539 e. The Hall–Kier alpha value is -2.37. The van der Waals surface area contributed by atoms with Crippen molar-refractivity contribution in [3.8, 4) is 11.6 Å². The van der Waals surface area contributed by atoms with Crippen molar-refractivity contribution >= 4 is 5.97 Å². The number of carboxylic acid groups (broad SMARTS) is 1. The molecular weight excluding hydrogens is 200 g/mol. The fourth-order valence-corrected chi connectivity index (χ4v) is 1.16. The maximum atomic E-state index is 11.0. The molecule has 76 valence electrons. The van der Waals surface area contributed by atoms with Gasteiger partial charge in [-0.15, -0.1) is 0 Å². The molecule has 0 aliphatic carbocycles. The summed E-state index contributed by atoms with van der Waals surface area (Å²) in [5.41, 5.74) is -0.205. The molecule has 0 bridgehead atoms. The number of nitrogens with zero attached hydrogens (tertiary/aromatic N) is 2. The standard InChI is InChI=1S/C9H6N2O4/c12-8(13)7-9(14)15-10-11(7)6-4-2-1-3-5-6/h1-5H,(H-,10,12,13,14)/p-1. The predicted octanol–water partition coefficient (Wildman–Crippen LogP) is -1.61. The number of aromatic nitrogens is 2. The van der Waals surface area contributed by atoms with Crippen molar-refractivity contribution in [1.29, 1.82) is 0 Å². The Morgan fingerprint density at radius 1 is 1.33 bits per heavy atom. The number of aromatic carboxylic acids is 1. The molecule has 2 rings (SSSR count). The van der Waals surface area contributed by atoms with Crippen LogP contribution in [-0.2, 0) is 0 Å². The van der Waals surface area contributed by atoms with Gasteiger partial charge in [-0.2, -0.15) is 0 Å². The number of rotatable bonds is 2. The maximum absolute atomic E-state index is 11.0. The highest BCUT2D eigenvalue weighted by molar-refractivity contribution is 5.83. The Morgan fingerprint density at radius 3 is 2.60 bits per heavy atom. The fourth-order valence-electron chi connectivity index (χ4n) is 1.16. The molecule has 0 amide bonds. The third-order valence-electron chi connectivity index (χ3n) is 1.80. The topological polar surface area (TPSA) is 93.1 Å². The van der Waals surface area contributed by atoms with Crippen LogP contribution in [-0.4, -0.2) is 11.2 Å². The average molecular weight is 205 g/mol. The van der Waals surface area contributed by atoms with Gasteiger partial charge in [0.15, 0.2) is 5.95 Å². The zero-order chi connectivity index (χ0) is 10.8. The average Bonchev–Trinajstić information content (AvgIpc) is 2.61. The zero-order valence-corrected chi connectivity index (χ0v) is 7.41. The van der Waals surface area contributed by atoms with E-state index in [2.05, 4.69) is 9.79 Å². The van der Waals surface area contributed by atoms with Gasteiger partial charge in [-0.05, 0) is 4.68 Å². The lowest BCUT2D eigenvalue weighted by Crippen LogP contribution is -2.43. The molecule has 0 aliphatic rings. The molecule has 6 heteroatoms. The van der Waals surface area contributed by atoms with Crippen LogP contribution in [0.3, 0.4) is 0 Å². The first-order valence-electron chi connectivity index (χ1n) is 4.06. The Morgan fingerprint density at radius 2 is 2.00 bits per heavy atom. The van der Waals surface area contributed by atoms with E-state index in [-0.39, 0.29) is 0 Å². The lowest BCUT2D eigenvalue weighted by molar-refractivity contribution is -0.674. The van der Waals surface area contributed by atoms with Gasteiger partial charge in [0.05, 0.1) is 5.27 Å². The second-order valence-electron chi connectivity index (χ2n) is 2.74. The molecule has 0 fully saturated rings. The van der Waals surface area contributed by atoms with Crippen molar-refractivity contribution in [1.82, 2.24) is 5.27 Å². The monoisotopic (exact) mass is 205 g/mol. The first-order valence-corrected chi connectivity index (χ1v) is 4.06. The van der Waals surface area contributed by atoms with Crippen LogP contribution >= 0.6 is 0 Å². The summed E-state index contributed by atoms with van der Waals surface area (Å²) in [6.07, 6.45) is 0. The number of carboxylic acids is 1. The van der Waals surface area contributed by atoms with Gasteiger partial charge in [-0.1, -0.05) is 18.2 Å². The van der Waals surface area contributed by atoms with Gasteiger partial charge in [0.25, 0.3) is 5.69 Å². The SMILES string of the molecule is O=C([O-])c1c([O-])on[n+]1-c1ccccc1. The molecular formula is C9H5N2O4-. The van der Waals surface area contributed by atoms with Gasteiger partial charge in [0.1, 0.15) is 5.97 Å². The van der Waals surface area contributed by atoms with Crippen LogP contribution in [0.5, 0.6) is 5.95 Å². The first-order chi connectivity index (χ1) is 7.20. The Labute approximate surface area is 84.0 Å². The van der Waals surface area contributed by atoms with Crippen molar-refractivity contribution in [2.24, 2.45) is 0 Å². The van der Waals surface area contributed by atoms with Gasteiger partial charge >= 0.3 is 0 Å². The molecule has 0 radical (unpaired) electrons. The summed E-state index contributed by atoms with van der Waals surface area (Å²) in [7, 11) is 0. The molecule has 2 aromatic rings. The predicted molar refractivity (Wildman–Crippen MR) is 41.8 cm³/mol. The highest BCUT2D eigenvalue weighted by atomic mass is 16.6. The Balaban J connectivity index is 2.59. The second kappa shape index (κ2) is 3.41. The smallest absolute Gasteiger partial charge is 0.286 e. The van der Waals surface area contributed by atoms with E-state index in [1.807, 2.05) is 0 Å².